The second kappa shape index (κ2) is 9.23. The summed E-state index contributed by atoms with van der Waals surface area (Å²) in [5.74, 6) is 1.58. The van der Waals surface area contributed by atoms with E-state index in [4.69, 9.17) is 9.47 Å². The van der Waals surface area contributed by atoms with Crippen molar-refractivity contribution in [3.8, 4) is 11.5 Å². The Morgan fingerprint density at radius 2 is 1.79 bits per heavy atom. The molecule has 0 spiro atoms. The maximum atomic E-state index is 12.9. The summed E-state index contributed by atoms with van der Waals surface area (Å²) in [6.45, 7) is 0.188. The van der Waals surface area contributed by atoms with Gasteiger partial charge in [0.2, 0.25) is 5.91 Å². The number of anilines is 1. The van der Waals surface area contributed by atoms with Crippen molar-refractivity contribution < 1.29 is 18.7 Å². The molecule has 0 bridgehead atoms. The Morgan fingerprint density at radius 3 is 2.46 bits per heavy atom. The molecule has 28 heavy (non-hydrogen) atoms. The molecule has 0 saturated heterocycles. The number of aromatic nitrogens is 3. The molecule has 0 saturated carbocycles. The SMILES string of the molecule is COc1ccc(NC(=O)CSc2nnc(COc3ccc(F)cc3)n2C)cc1. The summed E-state index contributed by atoms with van der Waals surface area (Å²) in [6, 6.07) is 12.8. The van der Waals surface area contributed by atoms with Crippen molar-refractivity contribution in [3.63, 3.8) is 0 Å². The summed E-state index contributed by atoms with van der Waals surface area (Å²) >= 11 is 1.27. The highest BCUT2D eigenvalue weighted by molar-refractivity contribution is 7.99. The first-order valence-electron chi connectivity index (χ1n) is 8.38. The Kier molecular flexibility index (Phi) is 6.49. The lowest BCUT2D eigenvalue weighted by Crippen LogP contribution is -2.14. The van der Waals surface area contributed by atoms with E-state index in [2.05, 4.69) is 15.5 Å². The lowest BCUT2D eigenvalue weighted by atomic mass is 10.3. The topological polar surface area (TPSA) is 78.3 Å². The predicted molar refractivity (Wildman–Crippen MR) is 104 cm³/mol. The second-order valence-corrected chi connectivity index (χ2v) is 6.71. The number of hydrogen-bond acceptors (Lipinski definition) is 6. The Bertz CT molecular complexity index is 929. The van der Waals surface area contributed by atoms with Gasteiger partial charge in [0.15, 0.2) is 11.0 Å². The fourth-order valence-corrected chi connectivity index (χ4v) is 3.01. The molecule has 0 radical (unpaired) electrons. The number of carbonyl (C=O) groups excluding carboxylic acids is 1. The summed E-state index contributed by atoms with van der Waals surface area (Å²) in [7, 11) is 3.39. The number of thioether (sulfide) groups is 1. The summed E-state index contributed by atoms with van der Waals surface area (Å²) in [6.07, 6.45) is 0. The average Bonchev–Trinajstić information content (AvgIpc) is 3.06. The third-order valence-electron chi connectivity index (χ3n) is 3.81. The lowest BCUT2D eigenvalue weighted by molar-refractivity contribution is -0.113. The van der Waals surface area contributed by atoms with Crippen LogP contribution in [0.15, 0.2) is 53.7 Å². The Morgan fingerprint density at radius 1 is 1.11 bits per heavy atom. The van der Waals surface area contributed by atoms with E-state index in [-0.39, 0.29) is 24.1 Å². The molecule has 0 aliphatic rings. The number of amides is 1. The standard InChI is InChI=1S/C19H19FN4O3S/c1-24-17(11-27-16-7-3-13(20)4-8-16)22-23-19(24)28-12-18(25)21-14-5-9-15(26-2)10-6-14/h3-10H,11-12H2,1-2H3,(H,21,25). The molecular weight excluding hydrogens is 383 g/mol. The Labute approximate surface area is 165 Å². The zero-order valence-corrected chi connectivity index (χ0v) is 16.2. The minimum absolute atomic E-state index is 0.151. The Balaban J connectivity index is 1.50. The first-order valence-corrected chi connectivity index (χ1v) is 9.37. The minimum Gasteiger partial charge on any atom is -0.497 e. The predicted octanol–water partition coefficient (Wildman–Crippen LogP) is 3.27. The zero-order chi connectivity index (χ0) is 19.9. The number of carbonyl (C=O) groups is 1. The first kappa shape index (κ1) is 19.7. The van der Waals surface area contributed by atoms with Crippen LogP contribution >= 0.6 is 11.8 Å². The van der Waals surface area contributed by atoms with E-state index < -0.39 is 0 Å². The molecule has 3 rings (SSSR count). The van der Waals surface area contributed by atoms with Gasteiger partial charge in [0.25, 0.3) is 0 Å². The fourth-order valence-electron chi connectivity index (χ4n) is 2.28. The molecular formula is C19H19FN4O3S. The van der Waals surface area contributed by atoms with Gasteiger partial charge in [-0.15, -0.1) is 10.2 Å². The van der Waals surface area contributed by atoms with Crippen LogP contribution in [-0.2, 0) is 18.4 Å². The van der Waals surface area contributed by atoms with Gasteiger partial charge in [-0.05, 0) is 48.5 Å². The van der Waals surface area contributed by atoms with Gasteiger partial charge >= 0.3 is 0 Å². The molecule has 1 N–H and O–H groups in total. The van der Waals surface area contributed by atoms with Crippen LogP contribution in [-0.4, -0.2) is 33.5 Å². The van der Waals surface area contributed by atoms with Gasteiger partial charge in [-0.3, -0.25) is 4.79 Å². The molecule has 0 aliphatic carbocycles. The molecule has 7 nitrogen and oxygen atoms in total. The summed E-state index contributed by atoms with van der Waals surface area (Å²) in [4.78, 5) is 12.1. The van der Waals surface area contributed by atoms with Crippen LogP contribution in [0.2, 0.25) is 0 Å². The smallest absolute Gasteiger partial charge is 0.234 e. The summed E-state index contributed by atoms with van der Waals surface area (Å²) in [5.41, 5.74) is 0.692. The molecule has 0 fully saturated rings. The number of ether oxygens (including phenoxy) is 2. The van der Waals surface area contributed by atoms with E-state index >= 15 is 0 Å². The monoisotopic (exact) mass is 402 g/mol. The van der Waals surface area contributed by atoms with Gasteiger partial charge in [0.1, 0.15) is 23.9 Å². The van der Waals surface area contributed by atoms with Crippen LogP contribution in [0.25, 0.3) is 0 Å². The minimum atomic E-state index is -0.322. The van der Waals surface area contributed by atoms with Gasteiger partial charge < -0.3 is 19.4 Å². The van der Waals surface area contributed by atoms with E-state index in [1.54, 1.807) is 55.1 Å². The van der Waals surface area contributed by atoms with Crippen molar-refractivity contribution >= 4 is 23.4 Å². The van der Waals surface area contributed by atoms with E-state index in [1.165, 1.54) is 23.9 Å². The van der Waals surface area contributed by atoms with Gasteiger partial charge in [0.05, 0.1) is 12.9 Å². The molecule has 0 unspecified atom stereocenters. The first-order chi connectivity index (χ1) is 13.5. The van der Waals surface area contributed by atoms with Crippen LogP contribution in [0.5, 0.6) is 11.5 Å². The van der Waals surface area contributed by atoms with Gasteiger partial charge in [-0.25, -0.2) is 4.39 Å². The highest BCUT2D eigenvalue weighted by Gasteiger charge is 2.12. The van der Waals surface area contributed by atoms with Crippen molar-refractivity contribution in [2.24, 2.45) is 7.05 Å². The second-order valence-electron chi connectivity index (χ2n) is 5.77. The molecule has 3 aromatic rings. The zero-order valence-electron chi connectivity index (χ0n) is 15.4. The maximum Gasteiger partial charge on any atom is 0.234 e. The van der Waals surface area contributed by atoms with Crippen LogP contribution < -0.4 is 14.8 Å². The molecule has 0 aliphatic heterocycles. The molecule has 0 atom stereocenters. The number of hydrogen-bond donors (Lipinski definition) is 1. The van der Waals surface area contributed by atoms with Gasteiger partial charge in [-0.1, -0.05) is 11.8 Å². The number of methoxy groups -OCH3 is 1. The third-order valence-corrected chi connectivity index (χ3v) is 4.83. The van der Waals surface area contributed by atoms with Crippen LogP contribution in [0, 0.1) is 5.82 Å². The van der Waals surface area contributed by atoms with Crippen molar-refractivity contribution in [1.29, 1.82) is 0 Å². The highest BCUT2D eigenvalue weighted by atomic mass is 32.2. The number of benzene rings is 2. The van der Waals surface area contributed by atoms with E-state index in [9.17, 15) is 9.18 Å². The van der Waals surface area contributed by atoms with Crippen LogP contribution in [0.1, 0.15) is 5.82 Å². The fraction of sp³-hybridized carbons (Fsp3) is 0.211. The molecule has 9 heteroatoms. The molecule has 2 aromatic carbocycles. The highest BCUT2D eigenvalue weighted by Crippen LogP contribution is 2.19. The van der Waals surface area contributed by atoms with E-state index in [0.717, 1.165) is 5.75 Å². The number of rotatable bonds is 8. The quantitative estimate of drug-likeness (QED) is 0.583. The molecule has 1 aromatic heterocycles. The van der Waals surface area contributed by atoms with Crippen molar-refractivity contribution in [2.75, 3.05) is 18.2 Å². The lowest BCUT2D eigenvalue weighted by Gasteiger charge is -2.07. The van der Waals surface area contributed by atoms with Crippen molar-refractivity contribution in [2.45, 2.75) is 11.8 Å². The summed E-state index contributed by atoms with van der Waals surface area (Å²) in [5, 5.41) is 11.6. The molecule has 1 heterocycles. The molecule has 146 valence electrons. The third kappa shape index (κ3) is 5.23. The van der Waals surface area contributed by atoms with E-state index in [0.29, 0.717) is 22.4 Å². The number of nitrogens with one attached hydrogen (secondary N) is 1. The maximum absolute atomic E-state index is 12.9. The van der Waals surface area contributed by atoms with Crippen molar-refractivity contribution in [3.05, 3.63) is 60.2 Å². The average molecular weight is 402 g/mol. The number of nitrogens with zero attached hydrogens (tertiary/aromatic N) is 3. The number of halogens is 1. The largest absolute Gasteiger partial charge is 0.497 e. The molecule has 1 amide bonds. The van der Waals surface area contributed by atoms with Crippen LogP contribution in [0.4, 0.5) is 10.1 Å². The van der Waals surface area contributed by atoms with Crippen molar-refractivity contribution in [1.82, 2.24) is 14.8 Å². The van der Waals surface area contributed by atoms with E-state index in [1.807, 2.05) is 0 Å². The normalized spacial score (nSPS) is 10.5. The summed E-state index contributed by atoms with van der Waals surface area (Å²) < 4.78 is 25.3. The van der Waals surface area contributed by atoms with Gasteiger partial charge in [-0.2, -0.15) is 0 Å². The van der Waals surface area contributed by atoms with Crippen LogP contribution in [0.3, 0.4) is 0 Å². The van der Waals surface area contributed by atoms with Gasteiger partial charge in [0, 0.05) is 12.7 Å². The Hall–Kier alpha value is -3.07.